The Morgan fingerprint density at radius 2 is 2.16 bits per heavy atom. The molecule has 1 aromatic rings. The second-order valence-electron chi connectivity index (χ2n) is 5.09. The fourth-order valence-electron chi connectivity index (χ4n) is 2.53. The number of aromatic nitrogens is 1. The molecule has 0 aromatic carbocycles. The standard InChI is InChI=1S/C14H22N2O2S/c1-10-13(11(2)17)14(19-16-10)15-8-9-18-12-6-4-3-5-7-12/h12,15H,3-9H2,1-2H3. The summed E-state index contributed by atoms with van der Waals surface area (Å²) >= 11 is 1.35. The SMILES string of the molecule is CC(=O)c1c(C)nsc1NCCOC1CCCCC1. The molecule has 106 valence electrons. The van der Waals surface area contributed by atoms with Crippen molar-refractivity contribution in [2.45, 2.75) is 52.1 Å². The predicted octanol–water partition coefficient (Wildman–Crippen LogP) is 3.42. The number of hydrogen-bond acceptors (Lipinski definition) is 5. The first kappa shape index (κ1) is 14.5. The van der Waals surface area contributed by atoms with Gasteiger partial charge in [0.15, 0.2) is 5.78 Å². The number of nitrogens with one attached hydrogen (secondary N) is 1. The Labute approximate surface area is 118 Å². The smallest absolute Gasteiger partial charge is 0.164 e. The molecule has 19 heavy (non-hydrogen) atoms. The second-order valence-corrected chi connectivity index (χ2v) is 5.86. The van der Waals surface area contributed by atoms with E-state index in [1.165, 1.54) is 43.6 Å². The minimum Gasteiger partial charge on any atom is -0.376 e. The van der Waals surface area contributed by atoms with Gasteiger partial charge in [-0.2, -0.15) is 4.37 Å². The van der Waals surface area contributed by atoms with Crippen LogP contribution >= 0.6 is 11.5 Å². The minimum absolute atomic E-state index is 0.0712. The summed E-state index contributed by atoms with van der Waals surface area (Å²) < 4.78 is 10.1. The zero-order valence-corrected chi connectivity index (χ0v) is 12.5. The van der Waals surface area contributed by atoms with Crippen molar-refractivity contribution in [3.8, 4) is 0 Å². The van der Waals surface area contributed by atoms with Crippen molar-refractivity contribution in [2.75, 3.05) is 18.5 Å². The van der Waals surface area contributed by atoms with Gasteiger partial charge in [0, 0.05) is 6.54 Å². The number of hydrogen-bond donors (Lipinski definition) is 1. The molecule has 0 bridgehead atoms. The first-order valence-electron chi connectivity index (χ1n) is 7.01. The molecule has 0 atom stereocenters. The van der Waals surface area contributed by atoms with E-state index < -0.39 is 0 Å². The largest absolute Gasteiger partial charge is 0.376 e. The maximum Gasteiger partial charge on any atom is 0.164 e. The van der Waals surface area contributed by atoms with Gasteiger partial charge < -0.3 is 10.1 Å². The molecule has 0 saturated heterocycles. The van der Waals surface area contributed by atoms with Crippen LogP contribution in [0.5, 0.6) is 0 Å². The number of ether oxygens (including phenoxy) is 1. The Morgan fingerprint density at radius 1 is 1.42 bits per heavy atom. The molecule has 0 aliphatic heterocycles. The summed E-state index contributed by atoms with van der Waals surface area (Å²) in [6.07, 6.45) is 6.75. The third-order valence-corrected chi connectivity index (χ3v) is 4.40. The molecule has 0 radical (unpaired) electrons. The molecule has 0 spiro atoms. The van der Waals surface area contributed by atoms with Gasteiger partial charge in [-0.05, 0) is 38.2 Å². The van der Waals surface area contributed by atoms with Crippen molar-refractivity contribution < 1.29 is 9.53 Å². The van der Waals surface area contributed by atoms with Crippen LogP contribution in [0.2, 0.25) is 0 Å². The number of nitrogens with zero attached hydrogens (tertiary/aromatic N) is 1. The Kier molecular flexibility index (Phi) is 5.34. The fourth-order valence-corrected chi connectivity index (χ4v) is 3.40. The normalized spacial score (nSPS) is 16.5. The molecule has 1 saturated carbocycles. The summed E-state index contributed by atoms with van der Waals surface area (Å²) in [5.74, 6) is 0.0712. The molecule has 1 aromatic heterocycles. The quantitative estimate of drug-likeness (QED) is 0.641. The summed E-state index contributed by atoms with van der Waals surface area (Å²) in [4.78, 5) is 11.5. The molecule has 5 heteroatoms. The number of anilines is 1. The summed E-state index contributed by atoms with van der Waals surface area (Å²) in [6.45, 7) is 4.88. The van der Waals surface area contributed by atoms with Crippen molar-refractivity contribution in [1.29, 1.82) is 0 Å². The molecule has 4 nitrogen and oxygen atoms in total. The zero-order chi connectivity index (χ0) is 13.7. The highest BCUT2D eigenvalue weighted by Gasteiger charge is 2.15. The van der Waals surface area contributed by atoms with Gasteiger partial charge in [-0.1, -0.05) is 19.3 Å². The molecule has 0 amide bonds. The number of Topliss-reactive ketones (excluding diaryl/α,β-unsaturated/α-hetero) is 1. The summed E-state index contributed by atoms with van der Waals surface area (Å²) in [5, 5.41) is 4.14. The lowest BCUT2D eigenvalue weighted by Crippen LogP contribution is -2.20. The van der Waals surface area contributed by atoms with Gasteiger partial charge in [-0.15, -0.1) is 0 Å². The van der Waals surface area contributed by atoms with Crippen LogP contribution in [0.3, 0.4) is 0 Å². The van der Waals surface area contributed by atoms with Crippen LogP contribution in [0.1, 0.15) is 55.1 Å². The third kappa shape index (κ3) is 4.01. The first-order valence-corrected chi connectivity index (χ1v) is 7.78. The van der Waals surface area contributed by atoms with E-state index in [0.717, 1.165) is 22.8 Å². The van der Waals surface area contributed by atoms with E-state index in [0.29, 0.717) is 12.7 Å². The Morgan fingerprint density at radius 3 is 2.84 bits per heavy atom. The van der Waals surface area contributed by atoms with Crippen molar-refractivity contribution in [3.05, 3.63) is 11.3 Å². The van der Waals surface area contributed by atoms with Crippen LogP contribution in [0, 0.1) is 6.92 Å². The number of rotatable bonds is 6. The number of carbonyl (C=O) groups is 1. The highest BCUT2D eigenvalue weighted by molar-refractivity contribution is 7.10. The first-order chi connectivity index (χ1) is 9.18. The molecular formula is C14H22N2O2S. The Bertz CT molecular complexity index is 425. The molecule has 2 rings (SSSR count). The lowest BCUT2D eigenvalue weighted by molar-refractivity contribution is 0.0347. The van der Waals surface area contributed by atoms with Gasteiger partial charge in [0.25, 0.3) is 0 Å². The number of carbonyl (C=O) groups excluding carboxylic acids is 1. The van der Waals surface area contributed by atoms with E-state index in [1.54, 1.807) is 6.92 Å². The third-order valence-electron chi connectivity index (χ3n) is 3.51. The van der Waals surface area contributed by atoms with Crippen molar-refractivity contribution in [2.24, 2.45) is 0 Å². The van der Waals surface area contributed by atoms with Crippen LogP contribution in [0.25, 0.3) is 0 Å². The molecule has 1 N–H and O–H groups in total. The van der Waals surface area contributed by atoms with Crippen LogP contribution in [-0.4, -0.2) is 29.4 Å². The van der Waals surface area contributed by atoms with E-state index in [-0.39, 0.29) is 5.78 Å². The van der Waals surface area contributed by atoms with Gasteiger partial charge in [0.2, 0.25) is 0 Å². The van der Waals surface area contributed by atoms with Gasteiger partial charge in [0.1, 0.15) is 5.00 Å². The van der Waals surface area contributed by atoms with Crippen LogP contribution in [0.4, 0.5) is 5.00 Å². The van der Waals surface area contributed by atoms with Gasteiger partial charge in [0.05, 0.1) is 24.0 Å². The van der Waals surface area contributed by atoms with Crippen LogP contribution in [0.15, 0.2) is 0 Å². The minimum atomic E-state index is 0.0712. The van der Waals surface area contributed by atoms with Crippen molar-refractivity contribution in [3.63, 3.8) is 0 Å². The van der Waals surface area contributed by atoms with Crippen molar-refractivity contribution >= 4 is 22.3 Å². The van der Waals surface area contributed by atoms with Gasteiger partial charge in [-0.25, -0.2) is 0 Å². The molecular weight excluding hydrogens is 260 g/mol. The lowest BCUT2D eigenvalue weighted by Gasteiger charge is -2.22. The predicted molar refractivity (Wildman–Crippen MR) is 78.2 cm³/mol. The van der Waals surface area contributed by atoms with E-state index in [4.69, 9.17) is 4.74 Å². The molecule has 1 heterocycles. The highest BCUT2D eigenvalue weighted by atomic mass is 32.1. The number of ketones is 1. The van der Waals surface area contributed by atoms with Crippen molar-refractivity contribution in [1.82, 2.24) is 4.37 Å². The van der Waals surface area contributed by atoms with E-state index in [2.05, 4.69) is 9.69 Å². The lowest BCUT2D eigenvalue weighted by atomic mass is 9.98. The maximum atomic E-state index is 11.5. The monoisotopic (exact) mass is 282 g/mol. The van der Waals surface area contributed by atoms with E-state index in [1.807, 2.05) is 6.92 Å². The second kappa shape index (κ2) is 7.01. The van der Waals surface area contributed by atoms with Crippen LogP contribution in [-0.2, 0) is 4.74 Å². The topological polar surface area (TPSA) is 51.2 Å². The molecule has 1 aliphatic carbocycles. The van der Waals surface area contributed by atoms with Gasteiger partial charge >= 0.3 is 0 Å². The molecule has 1 fully saturated rings. The van der Waals surface area contributed by atoms with Gasteiger partial charge in [-0.3, -0.25) is 4.79 Å². The summed E-state index contributed by atoms with van der Waals surface area (Å²) in [7, 11) is 0. The Hall–Kier alpha value is -0.940. The average molecular weight is 282 g/mol. The summed E-state index contributed by atoms with van der Waals surface area (Å²) in [6, 6.07) is 0. The van der Waals surface area contributed by atoms with E-state index in [9.17, 15) is 4.79 Å². The maximum absolute atomic E-state index is 11.5. The average Bonchev–Trinajstić information content (AvgIpc) is 2.77. The van der Waals surface area contributed by atoms with Crippen LogP contribution < -0.4 is 5.32 Å². The fraction of sp³-hybridized carbons (Fsp3) is 0.714. The zero-order valence-electron chi connectivity index (χ0n) is 11.7. The molecule has 1 aliphatic rings. The number of aryl methyl sites for hydroxylation is 1. The van der Waals surface area contributed by atoms with E-state index >= 15 is 0 Å². The highest BCUT2D eigenvalue weighted by Crippen LogP contribution is 2.25. The molecule has 0 unspecified atom stereocenters. The summed E-state index contributed by atoms with van der Waals surface area (Å²) in [5.41, 5.74) is 1.54. The Balaban J connectivity index is 1.75.